The molecule has 0 saturated carbocycles. The normalized spacial score (nSPS) is 10.4. The summed E-state index contributed by atoms with van der Waals surface area (Å²) in [7, 11) is 0. The number of amides is 2. The fraction of sp³-hybridized carbons (Fsp3) is 0.438. The topological polar surface area (TPSA) is 84.5 Å². The fourth-order valence-corrected chi connectivity index (χ4v) is 2.37. The van der Waals surface area contributed by atoms with E-state index in [-0.39, 0.29) is 35.7 Å². The Labute approximate surface area is 150 Å². The fourth-order valence-electron chi connectivity index (χ4n) is 1.88. The standard InChI is InChI=1S/C16H20Cl2N2O4/c1-3-11(4-2)20-14(21)9-24-15(22)8-19-16(23)12-6-5-10(17)7-13(12)18/h5-7,11H,3-4,8-9H2,1-2H3,(H,19,23)(H,20,21). The Balaban J connectivity index is 2.38. The van der Waals surface area contributed by atoms with Crippen LogP contribution in [-0.4, -0.2) is 37.0 Å². The summed E-state index contributed by atoms with van der Waals surface area (Å²) < 4.78 is 4.81. The number of rotatable bonds is 8. The van der Waals surface area contributed by atoms with E-state index >= 15 is 0 Å². The summed E-state index contributed by atoms with van der Waals surface area (Å²) in [6.45, 7) is 3.17. The number of hydrogen-bond acceptors (Lipinski definition) is 4. The molecule has 0 unspecified atom stereocenters. The Morgan fingerprint density at radius 2 is 1.83 bits per heavy atom. The van der Waals surface area contributed by atoms with Gasteiger partial charge in [0, 0.05) is 11.1 Å². The van der Waals surface area contributed by atoms with Crippen LogP contribution in [0.5, 0.6) is 0 Å². The van der Waals surface area contributed by atoms with Crippen LogP contribution in [0.25, 0.3) is 0 Å². The minimum absolute atomic E-state index is 0.0583. The van der Waals surface area contributed by atoms with Gasteiger partial charge in [-0.1, -0.05) is 37.0 Å². The van der Waals surface area contributed by atoms with Gasteiger partial charge >= 0.3 is 5.97 Å². The molecule has 132 valence electrons. The molecule has 0 fully saturated rings. The third kappa shape index (κ3) is 6.76. The zero-order valence-electron chi connectivity index (χ0n) is 13.5. The zero-order chi connectivity index (χ0) is 18.1. The predicted molar refractivity (Wildman–Crippen MR) is 92.3 cm³/mol. The van der Waals surface area contributed by atoms with Crippen molar-refractivity contribution < 1.29 is 19.1 Å². The molecule has 2 N–H and O–H groups in total. The van der Waals surface area contributed by atoms with Crippen LogP contribution in [0, 0.1) is 0 Å². The summed E-state index contributed by atoms with van der Waals surface area (Å²) in [6.07, 6.45) is 1.60. The molecule has 0 heterocycles. The van der Waals surface area contributed by atoms with Gasteiger partial charge in [-0.3, -0.25) is 14.4 Å². The average Bonchev–Trinajstić information content (AvgIpc) is 2.55. The van der Waals surface area contributed by atoms with E-state index in [0.29, 0.717) is 5.02 Å². The van der Waals surface area contributed by atoms with Crippen LogP contribution in [0.3, 0.4) is 0 Å². The molecule has 0 spiro atoms. The molecule has 0 bridgehead atoms. The molecule has 1 rings (SSSR count). The van der Waals surface area contributed by atoms with Crippen molar-refractivity contribution in [1.82, 2.24) is 10.6 Å². The first kappa shape index (κ1) is 20.3. The minimum Gasteiger partial charge on any atom is -0.454 e. The summed E-state index contributed by atoms with van der Waals surface area (Å²) >= 11 is 11.7. The molecule has 24 heavy (non-hydrogen) atoms. The van der Waals surface area contributed by atoms with Crippen molar-refractivity contribution in [3.8, 4) is 0 Å². The highest BCUT2D eigenvalue weighted by atomic mass is 35.5. The molecule has 0 aliphatic rings. The first-order valence-electron chi connectivity index (χ1n) is 7.55. The van der Waals surface area contributed by atoms with E-state index in [0.717, 1.165) is 12.8 Å². The Hall–Kier alpha value is -1.79. The van der Waals surface area contributed by atoms with E-state index in [2.05, 4.69) is 10.6 Å². The largest absolute Gasteiger partial charge is 0.454 e. The van der Waals surface area contributed by atoms with E-state index in [1.54, 1.807) is 0 Å². The number of hydrogen-bond donors (Lipinski definition) is 2. The van der Waals surface area contributed by atoms with Crippen LogP contribution < -0.4 is 10.6 Å². The van der Waals surface area contributed by atoms with Gasteiger partial charge < -0.3 is 15.4 Å². The Morgan fingerprint density at radius 3 is 2.42 bits per heavy atom. The molecule has 2 amide bonds. The molecular formula is C16H20Cl2N2O4. The first-order chi connectivity index (χ1) is 11.4. The number of benzene rings is 1. The maximum atomic E-state index is 11.9. The van der Waals surface area contributed by atoms with E-state index in [1.165, 1.54) is 18.2 Å². The minimum atomic E-state index is -0.715. The van der Waals surface area contributed by atoms with E-state index in [4.69, 9.17) is 27.9 Å². The highest BCUT2D eigenvalue weighted by Crippen LogP contribution is 2.20. The van der Waals surface area contributed by atoms with Gasteiger partial charge in [-0.15, -0.1) is 0 Å². The van der Waals surface area contributed by atoms with Crippen molar-refractivity contribution in [1.29, 1.82) is 0 Å². The van der Waals surface area contributed by atoms with Gasteiger partial charge in [-0.2, -0.15) is 0 Å². The van der Waals surface area contributed by atoms with Crippen molar-refractivity contribution in [3.05, 3.63) is 33.8 Å². The lowest BCUT2D eigenvalue weighted by Gasteiger charge is -2.14. The Bertz CT molecular complexity index is 604. The number of carbonyl (C=O) groups excluding carboxylic acids is 3. The molecule has 1 aromatic rings. The van der Waals surface area contributed by atoms with E-state index < -0.39 is 11.9 Å². The van der Waals surface area contributed by atoms with Crippen LogP contribution in [0.2, 0.25) is 10.0 Å². The third-order valence-electron chi connectivity index (χ3n) is 3.28. The number of nitrogens with one attached hydrogen (secondary N) is 2. The molecule has 0 aliphatic carbocycles. The molecule has 8 heteroatoms. The van der Waals surface area contributed by atoms with Gasteiger partial charge in [0.1, 0.15) is 6.54 Å². The van der Waals surface area contributed by atoms with Crippen molar-refractivity contribution in [3.63, 3.8) is 0 Å². The first-order valence-corrected chi connectivity index (χ1v) is 8.31. The third-order valence-corrected chi connectivity index (χ3v) is 3.83. The number of esters is 1. The molecule has 0 radical (unpaired) electrons. The molecule has 1 aromatic carbocycles. The van der Waals surface area contributed by atoms with Crippen molar-refractivity contribution >= 4 is 41.0 Å². The van der Waals surface area contributed by atoms with E-state index in [9.17, 15) is 14.4 Å². The second kappa shape index (κ2) is 10.2. The van der Waals surface area contributed by atoms with Gasteiger partial charge in [0.25, 0.3) is 11.8 Å². The van der Waals surface area contributed by atoms with Gasteiger partial charge in [0.15, 0.2) is 6.61 Å². The number of ether oxygens (including phenoxy) is 1. The molecule has 0 aromatic heterocycles. The monoisotopic (exact) mass is 374 g/mol. The second-order valence-corrected chi connectivity index (χ2v) is 5.89. The van der Waals surface area contributed by atoms with Crippen molar-refractivity contribution in [2.24, 2.45) is 0 Å². The van der Waals surface area contributed by atoms with Crippen LogP contribution in [0.1, 0.15) is 37.0 Å². The summed E-state index contributed by atoms with van der Waals surface area (Å²) in [5.41, 5.74) is 0.195. The predicted octanol–water partition coefficient (Wildman–Crippen LogP) is 2.57. The van der Waals surface area contributed by atoms with Crippen molar-refractivity contribution in [2.75, 3.05) is 13.2 Å². The van der Waals surface area contributed by atoms with Crippen LogP contribution in [0.4, 0.5) is 0 Å². The van der Waals surface area contributed by atoms with Gasteiger partial charge in [0.2, 0.25) is 0 Å². The van der Waals surface area contributed by atoms with Gasteiger partial charge in [0.05, 0.1) is 10.6 Å². The van der Waals surface area contributed by atoms with Crippen molar-refractivity contribution in [2.45, 2.75) is 32.7 Å². The lowest BCUT2D eigenvalue weighted by molar-refractivity contribution is -0.147. The van der Waals surface area contributed by atoms with Gasteiger partial charge in [-0.25, -0.2) is 0 Å². The zero-order valence-corrected chi connectivity index (χ0v) is 15.0. The maximum absolute atomic E-state index is 11.9. The second-order valence-electron chi connectivity index (χ2n) is 5.05. The van der Waals surface area contributed by atoms with Crippen LogP contribution in [0.15, 0.2) is 18.2 Å². The summed E-state index contributed by atoms with van der Waals surface area (Å²) in [5, 5.41) is 5.70. The summed E-state index contributed by atoms with van der Waals surface area (Å²) in [4.78, 5) is 35.1. The highest BCUT2D eigenvalue weighted by molar-refractivity contribution is 6.36. The molecule has 0 atom stereocenters. The number of halogens is 2. The molecule has 6 nitrogen and oxygen atoms in total. The van der Waals surface area contributed by atoms with Crippen LogP contribution in [-0.2, 0) is 14.3 Å². The molecular weight excluding hydrogens is 355 g/mol. The summed E-state index contributed by atoms with van der Waals surface area (Å²) in [5.74, 6) is -1.62. The number of carbonyl (C=O) groups is 3. The lowest BCUT2D eigenvalue weighted by Crippen LogP contribution is -2.38. The average molecular weight is 375 g/mol. The molecule has 0 aliphatic heterocycles. The van der Waals surface area contributed by atoms with Gasteiger partial charge in [-0.05, 0) is 31.0 Å². The summed E-state index contributed by atoms with van der Waals surface area (Å²) in [6, 6.07) is 4.46. The van der Waals surface area contributed by atoms with E-state index in [1.807, 2.05) is 13.8 Å². The quantitative estimate of drug-likeness (QED) is 0.684. The molecule has 0 saturated heterocycles. The maximum Gasteiger partial charge on any atom is 0.325 e. The highest BCUT2D eigenvalue weighted by Gasteiger charge is 2.14. The lowest BCUT2D eigenvalue weighted by atomic mass is 10.2. The SMILES string of the molecule is CCC(CC)NC(=O)COC(=O)CNC(=O)c1ccc(Cl)cc1Cl. The smallest absolute Gasteiger partial charge is 0.325 e. The Kier molecular flexibility index (Phi) is 8.57. The Morgan fingerprint density at radius 1 is 1.17 bits per heavy atom. The van der Waals surface area contributed by atoms with Crippen LogP contribution >= 0.6 is 23.2 Å².